The first-order valence-electron chi connectivity index (χ1n) is 8.61. The van der Waals surface area contributed by atoms with Gasteiger partial charge in [0.2, 0.25) is 0 Å². The highest BCUT2D eigenvalue weighted by Crippen LogP contribution is 2.34. The van der Waals surface area contributed by atoms with Gasteiger partial charge in [-0.05, 0) is 17.5 Å². The van der Waals surface area contributed by atoms with Crippen LogP contribution < -0.4 is 19.1 Å². The summed E-state index contributed by atoms with van der Waals surface area (Å²) in [5.41, 5.74) is 1.08. The minimum atomic E-state index is 0.141. The first-order chi connectivity index (χ1) is 12.7. The SMILES string of the molecule is COc1cc(OC)c(OC)cc1C[NH+]1CCN(C(=O)c2cccs2)CC1. The summed E-state index contributed by atoms with van der Waals surface area (Å²) in [5, 5.41) is 1.94. The van der Waals surface area contributed by atoms with Gasteiger partial charge in [-0.15, -0.1) is 11.3 Å². The van der Waals surface area contributed by atoms with E-state index in [0.717, 1.165) is 48.9 Å². The summed E-state index contributed by atoms with van der Waals surface area (Å²) in [7, 11) is 4.92. The summed E-state index contributed by atoms with van der Waals surface area (Å²) < 4.78 is 16.3. The van der Waals surface area contributed by atoms with Gasteiger partial charge in [0, 0.05) is 6.07 Å². The van der Waals surface area contributed by atoms with Crippen LogP contribution in [0.5, 0.6) is 17.2 Å². The van der Waals surface area contributed by atoms with Crippen LogP contribution >= 0.6 is 11.3 Å². The molecule has 1 aromatic heterocycles. The molecule has 26 heavy (non-hydrogen) atoms. The Morgan fingerprint density at radius 3 is 2.31 bits per heavy atom. The minimum absolute atomic E-state index is 0.141. The second-order valence-corrected chi connectivity index (χ2v) is 7.16. The first-order valence-corrected chi connectivity index (χ1v) is 9.49. The van der Waals surface area contributed by atoms with E-state index in [1.54, 1.807) is 21.3 Å². The zero-order valence-electron chi connectivity index (χ0n) is 15.4. The van der Waals surface area contributed by atoms with Gasteiger partial charge in [0.25, 0.3) is 5.91 Å². The van der Waals surface area contributed by atoms with E-state index in [9.17, 15) is 4.79 Å². The van der Waals surface area contributed by atoms with Crippen LogP contribution in [0.4, 0.5) is 0 Å². The monoisotopic (exact) mass is 377 g/mol. The van der Waals surface area contributed by atoms with Gasteiger partial charge in [0.05, 0.1) is 57.9 Å². The smallest absolute Gasteiger partial charge is 0.264 e. The third-order valence-electron chi connectivity index (χ3n) is 4.72. The number of carbonyl (C=O) groups is 1. The number of methoxy groups -OCH3 is 3. The standard InChI is InChI=1S/C19H24N2O4S/c1-23-15-12-17(25-3)16(24-2)11-14(15)13-20-6-8-21(9-7-20)19(22)18-5-4-10-26-18/h4-5,10-12H,6-9,13H2,1-3H3/p+1. The van der Waals surface area contributed by atoms with E-state index in [4.69, 9.17) is 14.2 Å². The molecule has 140 valence electrons. The summed E-state index contributed by atoms with van der Waals surface area (Å²) >= 11 is 1.50. The van der Waals surface area contributed by atoms with Crippen molar-refractivity contribution >= 4 is 17.2 Å². The molecule has 0 radical (unpaired) electrons. The summed E-state index contributed by atoms with van der Waals surface area (Å²) in [6.07, 6.45) is 0. The van der Waals surface area contributed by atoms with Crippen LogP contribution in [0.2, 0.25) is 0 Å². The van der Waals surface area contributed by atoms with Crippen molar-refractivity contribution in [3.63, 3.8) is 0 Å². The zero-order valence-corrected chi connectivity index (χ0v) is 16.2. The first kappa shape index (κ1) is 18.5. The number of benzene rings is 1. The summed E-state index contributed by atoms with van der Waals surface area (Å²) in [6, 6.07) is 7.65. The van der Waals surface area contributed by atoms with Gasteiger partial charge >= 0.3 is 0 Å². The molecule has 1 aliphatic rings. The number of ether oxygens (including phenoxy) is 3. The number of piperazine rings is 1. The molecule has 0 bridgehead atoms. The van der Waals surface area contributed by atoms with E-state index in [0.29, 0.717) is 11.5 Å². The fraction of sp³-hybridized carbons (Fsp3) is 0.421. The van der Waals surface area contributed by atoms with Crippen molar-refractivity contribution in [2.75, 3.05) is 47.5 Å². The molecule has 6 nitrogen and oxygen atoms in total. The molecule has 1 amide bonds. The molecule has 1 aliphatic heterocycles. The van der Waals surface area contributed by atoms with Crippen molar-refractivity contribution in [2.45, 2.75) is 6.54 Å². The topological polar surface area (TPSA) is 52.4 Å². The van der Waals surface area contributed by atoms with Gasteiger partial charge in [-0.1, -0.05) is 6.07 Å². The number of hydrogen-bond acceptors (Lipinski definition) is 5. The molecular weight excluding hydrogens is 352 g/mol. The fourth-order valence-electron chi connectivity index (χ4n) is 3.26. The lowest BCUT2D eigenvalue weighted by Gasteiger charge is -2.32. The lowest BCUT2D eigenvalue weighted by Crippen LogP contribution is -3.13. The highest BCUT2D eigenvalue weighted by Gasteiger charge is 2.26. The quantitative estimate of drug-likeness (QED) is 0.825. The molecule has 1 N–H and O–H groups in total. The zero-order chi connectivity index (χ0) is 18.5. The van der Waals surface area contributed by atoms with Crippen molar-refractivity contribution in [2.24, 2.45) is 0 Å². The van der Waals surface area contributed by atoms with Crippen LogP contribution in [0.3, 0.4) is 0 Å². The molecule has 1 fully saturated rings. The van der Waals surface area contributed by atoms with E-state index < -0.39 is 0 Å². The molecule has 1 saturated heterocycles. The van der Waals surface area contributed by atoms with Crippen molar-refractivity contribution < 1.29 is 23.9 Å². The summed E-state index contributed by atoms with van der Waals surface area (Å²) in [4.78, 5) is 16.6. The van der Waals surface area contributed by atoms with Crippen LogP contribution in [0.15, 0.2) is 29.6 Å². The highest BCUT2D eigenvalue weighted by molar-refractivity contribution is 7.12. The maximum atomic E-state index is 12.5. The Balaban J connectivity index is 1.65. The number of carbonyl (C=O) groups excluding carboxylic acids is 1. The molecule has 0 unspecified atom stereocenters. The Morgan fingerprint density at radius 2 is 1.73 bits per heavy atom. The van der Waals surface area contributed by atoms with Crippen molar-refractivity contribution in [3.05, 3.63) is 40.1 Å². The van der Waals surface area contributed by atoms with Crippen LogP contribution in [-0.2, 0) is 6.54 Å². The third-order valence-corrected chi connectivity index (χ3v) is 5.57. The average molecular weight is 377 g/mol. The normalized spacial score (nSPS) is 15.0. The summed E-state index contributed by atoms with van der Waals surface area (Å²) in [5.74, 6) is 2.30. The Bertz CT molecular complexity index is 740. The molecule has 7 heteroatoms. The van der Waals surface area contributed by atoms with E-state index >= 15 is 0 Å². The van der Waals surface area contributed by atoms with Gasteiger partial charge in [-0.25, -0.2) is 0 Å². The van der Waals surface area contributed by atoms with Gasteiger partial charge in [-0.3, -0.25) is 4.79 Å². The molecule has 3 rings (SSSR count). The molecule has 2 aromatic rings. The van der Waals surface area contributed by atoms with Crippen molar-refractivity contribution in [1.82, 2.24) is 4.90 Å². The molecule has 0 spiro atoms. The molecule has 1 aromatic carbocycles. The Hall–Kier alpha value is -2.25. The average Bonchev–Trinajstić information content (AvgIpc) is 3.22. The number of nitrogens with one attached hydrogen (secondary N) is 1. The Morgan fingerprint density at radius 1 is 1.08 bits per heavy atom. The maximum absolute atomic E-state index is 12.5. The maximum Gasteiger partial charge on any atom is 0.264 e. The highest BCUT2D eigenvalue weighted by atomic mass is 32.1. The van der Waals surface area contributed by atoms with E-state index in [1.807, 2.05) is 34.5 Å². The van der Waals surface area contributed by atoms with Crippen LogP contribution in [0, 0.1) is 0 Å². The van der Waals surface area contributed by atoms with E-state index in [-0.39, 0.29) is 5.91 Å². The lowest BCUT2D eigenvalue weighted by molar-refractivity contribution is -0.917. The number of amides is 1. The molecule has 0 aliphatic carbocycles. The number of hydrogen-bond donors (Lipinski definition) is 1. The Kier molecular flexibility index (Phi) is 6.00. The second-order valence-electron chi connectivity index (χ2n) is 6.22. The lowest BCUT2D eigenvalue weighted by atomic mass is 10.1. The van der Waals surface area contributed by atoms with E-state index in [1.165, 1.54) is 16.2 Å². The molecule has 0 atom stereocenters. The summed E-state index contributed by atoms with van der Waals surface area (Å²) in [6.45, 7) is 4.18. The van der Waals surface area contributed by atoms with Gasteiger partial charge in [0.1, 0.15) is 12.3 Å². The van der Waals surface area contributed by atoms with Crippen LogP contribution in [0.1, 0.15) is 15.2 Å². The number of rotatable bonds is 6. The van der Waals surface area contributed by atoms with Gasteiger partial charge in [-0.2, -0.15) is 0 Å². The van der Waals surface area contributed by atoms with Crippen LogP contribution in [-0.4, -0.2) is 58.3 Å². The largest absolute Gasteiger partial charge is 0.496 e. The predicted molar refractivity (Wildman–Crippen MR) is 101 cm³/mol. The molecule has 0 saturated carbocycles. The minimum Gasteiger partial charge on any atom is -0.496 e. The fourth-order valence-corrected chi connectivity index (χ4v) is 3.95. The Labute approximate surface area is 157 Å². The predicted octanol–water partition coefficient (Wildman–Crippen LogP) is 1.31. The van der Waals surface area contributed by atoms with Crippen LogP contribution in [0.25, 0.3) is 0 Å². The van der Waals surface area contributed by atoms with Crippen molar-refractivity contribution in [1.29, 1.82) is 0 Å². The number of nitrogens with zero attached hydrogens (tertiary/aromatic N) is 1. The number of quaternary nitrogens is 1. The third kappa shape index (κ3) is 3.94. The second kappa shape index (κ2) is 8.42. The molecule has 2 heterocycles. The van der Waals surface area contributed by atoms with Gasteiger partial charge < -0.3 is 24.0 Å². The van der Waals surface area contributed by atoms with Crippen molar-refractivity contribution in [3.8, 4) is 17.2 Å². The van der Waals surface area contributed by atoms with E-state index in [2.05, 4.69) is 0 Å². The molecular formula is C19H25N2O4S+. The van der Waals surface area contributed by atoms with Gasteiger partial charge in [0.15, 0.2) is 11.5 Å². The number of thiophene rings is 1.